The lowest BCUT2D eigenvalue weighted by Crippen LogP contribution is -2.30. The van der Waals surface area contributed by atoms with E-state index in [1.54, 1.807) is 49.4 Å². The molecule has 2 aromatic rings. The largest absolute Gasteiger partial charge is 0.486 e. The highest BCUT2D eigenvalue weighted by atomic mass is 16.6. The van der Waals surface area contributed by atoms with Gasteiger partial charge in [0.2, 0.25) is 0 Å². The fourth-order valence-electron chi connectivity index (χ4n) is 2.39. The van der Waals surface area contributed by atoms with Gasteiger partial charge in [-0.25, -0.2) is 0 Å². The van der Waals surface area contributed by atoms with Crippen LogP contribution in [0.5, 0.6) is 17.2 Å². The fourth-order valence-corrected chi connectivity index (χ4v) is 2.39. The Labute approximate surface area is 145 Å². The topological polar surface area (TPSA) is 73.9 Å². The Morgan fingerprint density at radius 3 is 2.40 bits per heavy atom. The van der Waals surface area contributed by atoms with Crippen LogP contribution in [0, 0.1) is 0 Å². The highest BCUT2D eigenvalue weighted by Crippen LogP contribution is 2.32. The van der Waals surface area contributed by atoms with Crippen molar-refractivity contribution in [3.05, 3.63) is 48.0 Å². The normalized spacial score (nSPS) is 13.7. The van der Waals surface area contributed by atoms with Crippen molar-refractivity contribution in [3.63, 3.8) is 0 Å². The summed E-state index contributed by atoms with van der Waals surface area (Å²) in [6.07, 6.45) is -0.698. The van der Waals surface area contributed by atoms with E-state index in [9.17, 15) is 9.59 Å². The van der Waals surface area contributed by atoms with Gasteiger partial charge in [-0.05, 0) is 50.2 Å². The first kappa shape index (κ1) is 16.8. The van der Waals surface area contributed by atoms with E-state index in [1.807, 2.05) is 0 Å². The average molecular weight is 341 g/mol. The van der Waals surface area contributed by atoms with Gasteiger partial charge in [0.25, 0.3) is 5.91 Å². The van der Waals surface area contributed by atoms with Gasteiger partial charge in [-0.15, -0.1) is 0 Å². The zero-order chi connectivity index (χ0) is 17.8. The molecular weight excluding hydrogens is 322 g/mol. The second-order valence-electron chi connectivity index (χ2n) is 5.69. The zero-order valence-electron chi connectivity index (χ0n) is 14.1. The van der Waals surface area contributed by atoms with E-state index >= 15 is 0 Å². The number of carbonyl (C=O) groups is 2. The summed E-state index contributed by atoms with van der Waals surface area (Å²) in [7, 11) is 0. The SMILES string of the molecule is CC(=O)c1ccc(O[C@H](C)C(=O)Nc2ccc3c(c2)OCCO3)cc1. The van der Waals surface area contributed by atoms with Gasteiger partial charge in [-0.2, -0.15) is 0 Å². The molecule has 6 nitrogen and oxygen atoms in total. The van der Waals surface area contributed by atoms with E-state index in [2.05, 4.69) is 5.32 Å². The lowest BCUT2D eigenvalue weighted by molar-refractivity contribution is -0.122. The average Bonchev–Trinajstić information content (AvgIpc) is 2.62. The number of Topliss-reactive ketones (excluding diaryl/α,β-unsaturated/α-hetero) is 1. The van der Waals surface area contributed by atoms with Crippen LogP contribution in [0.3, 0.4) is 0 Å². The molecule has 25 heavy (non-hydrogen) atoms. The lowest BCUT2D eigenvalue weighted by atomic mass is 10.1. The summed E-state index contributed by atoms with van der Waals surface area (Å²) < 4.78 is 16.6. The van der Waals surface area contributed by atoms with Crippen molar-refractivity contribution in [3.8, 4) is 17.2 Å². The van der Waals surface area contributed by atoms with Gasteiger partial charge in [0, 0.05) is 17.3 Å². The third kappa shape index (κ3) is 4.09. The number of ketones is 1. The minimum Gasteiger partial charge on any atom is -0.486 e. The molecular formula is C19H19NO5. The second-order valence-corrected chi connectivity index (χ2v) is 5.69. The molecule has 130 valence electrons. The molecule has 1 atom stereocenters. The maximum atomic E-state index is 12.3. The zero-order valence-corrected chi connectivity index (χ0v) is 14.1. The maximum Gasteiger partial charge on any atom is 0.265 e. The van der Waals surface area contributed by atoms with E-state index in [0.717, 1.165) is 0 Å². The first-order valence-corrected chi connectivity index (χ1v) is 8.01. The molecule has 1 aliphatic rings. The Hall–Kier alpha value is -3.02. The molecule has 3 rings (SSSR count). The van der Waals surface area contributed by atoms with Crippen molar-refractivity contribution < 1.29 is 23.8 Å². The van der Waals surface area contributed by atoms with Gasteiger partial charge >= 0.3 is 0 Å². The van der Waals surface area contributed by atoms with Crippen LogP contribution in [0.2, 0.25) is 0 Å². The van der Waals surface area contributed by atoms with Gasteiger partial charge in [-0.3, -0.25) is 9.59 Å². The number of anilines is 1. The minimum atomic E-state index is -0.698. The highest BCUT2D eigenvalue weighted by Gasteiger charge is 2.17. The molecule has 0 radical (unpaired) electrons. The number of benzene rings is 2. The van der Waals surface area contributed by atoms with Crippen molar-refractivity contribution in [2.75, 3.05) is 18.5 Å². The number of fused-ring (bicyclic) bond motifs is 1. The number of carbonyl (C=O) groups excluding carboxylic acids is 2. The molecule has 0 aromatic heterocycles. The van der Waals surface area contributed by atoms with Crippen LogP contribution in [0.1, 0.15) is 24.2 Å². The minimum absolute atomic E-state index is 0.0176. The number of amides is 1. The number of hydrogen-bond acceptors (Lipinski definition) is 5. The van der Waals surface area contributed by atoms with E-state index < -0.39 is 6.10 Å². The third-order valence-electron chi connectivity index (χ3n) is 3.75. The molecule has 0 saturated carbocycles. The van der Waals surface area contributed by atoms with Crippen LogP contribution in [0.4, 0.5) is 5.69 Å². The molecule has 0 saturated heterocycles. The summed E-state index contributed by atoms with van der Waals surface area (Å²) >= 11 is 0. The summed E-state index contributed by atoms with van der Waals surface area (Å²) in [6.45, 7) is 4.16. The van der Waals surface area contributed by atoms with Gasteiger partial charge in [0.15, 0.2) is 23.4 Å². The van der Waals surface area contributed by atoms with Gasteiger partial charge in [0.05, 0.1) is 0 Å². The molecule has 0 aliphatic carbocycles. The predicted molar refractivity (Wildman–Crippen MR) is 92.6 cm³/mol. The molecule has 1 aliphatic heterocycles. The molecule has 1 N–H and O–H groups in total. The van der Waals surface area contributed by atoms with Crippen molar-refractivity contribution in [2.45, 2.75) is 20.0 Å². The number of ether oxygens (including phenoxy) is 3. The molecule has 0 spiro atoms. The highest BCUT2D eigenvalue weighted by molar-refractivity contribution is 5.95. The summed E-state index contributed by atoms with van der Waals surface area (Å²) in [5.74, 6) is 1.50. The third-order valence-corrected chi connectivity index (χ3v) is 3.75. The second kappa shape index (κ2) is 7.25. The monoisotopic (exact) mass is 341 g/mol. The molecule has 6 heteroatoms. The Balaban J connectivity index is 1.61. The Bertz CT molecular complexity index is 785. The molecule has 0 bridgehead atoms. The Morgan fingerprint density at radius 1 is 1.04 bits per heavy atom. The molecule has 0 unspecified atom stereocenters. The summed E-state index contributed by atoms with van der Waals surface area (Å²) in [6, 6.07) is 11.9. The van der Waals surface area contributed by atoms with E-state index in [4.69, 9.17) is 14.2 Å². The van der Waals surface area contributed by atoms with Crippen molar-refractivity contribution in [1.82, 2.24) is 0 Å². The van der Waals surface area contributed by atoms with Crippen LogP contribution in [0.25, 0.3) is 0 Å². The van der Waals surface area contributed by atoms with Gasteiger partial charge in [0.1, 0.15) is 19.0 Å². The number of nitrogens with one attached hydrogen (secondary N) is 1. The van der Waals surface area contributed by atoms with Crippen molar-refractivity contribution in [1.29, 1.82) is 0 Å². The lowest BCUT2D eigenvalue weighted by Gasteiger charge is -2.19. The van der Waals surface area contributed by atoms with Crippen LogP contribution in [-0.4, -0.2) is 31.0 Å². The quantitative estimate of drug-likeness (QED) is 0.846. The maximum absolute atomic E-state index is 12.3. The van der Waals surface area contributed by atoms with Crippen LogP contribution >= 0.6 is 0 Å². The summed E-state index contributed by atoms with van der Waals surface area (Å²) in [5.41, 5.74) is 1.21. The fraction of sp³-hybridized carbons (Fsp3) is 0.263. The Kier molecular flexibility index (Phi) is 4.88. The van der Waals surface area contributed by atoms with Gasteiger partial charge < -0.3 is 19.5 Å². The number of rotatable bonds is 5. The van der Waals surface area contributed by atoms with Gasteiger partial charge in [-0.1, -0.05) is 0 Å². The predicted octanol–water partition coefficient (Wildman–Crippen LogP) is 3.07. The smallest absolute Gasteiger partial charge is 0.265 e. The van der Waals surface area contributed by atoms with E-state index in [0.29, 0.717) is 41.7 Å². The number of hydrogen-bond donors (Lipinski definition) is 1. The van der Waals surface area contributed by atoms with Crippen molar-refractivity contribution >= 4 is 17.4 Å². The van der Waals surface area contributed by atoms with E-state index in [-0.39, 0.29) is 11.7 Å². The summed E-state index contributed by atoms with van der Waals surface area (Å²) in [4.78, 5) is 23.6. The van der Waals surface area contributed by atoms with Crippen LogP contribution in [-0.2, 0) is 4.79 Å². The first-order valence-electron chi connectivity index (χ1n) is 8.01. The standard InChI is InChI=1S/C19H19NO5/c1-12(21)14-3-6-16(7-4-14)25-13(2)19(22)20-15-5-8-17-18(11-15)24-10-9-23-17/h3-8,11,13H,9-10H2,1-2H3,(H,20,22)/t13-/m1/s1. The van der Waals surface area contributed by atoms with Crippen LogP contribution in [0.15, 0.2) is 42.5 Å². The van der Waals surface area contributed by atoms with Crippen LogP contribution < -0.4 is 19.5 Å². The van der Waals surface area contributed by atoms with E-state index in [1.165, 1.54) is 6.92 Å². The Morgan fingerprint density at radius 2 is 1.72 bits per heavy atom. The first-order chi connectivity index (χ1) is 12.0. The molecule has 1 amide bonds. The molecule has 0 fully saturated rings. The van der Waals surface area contributed by atoms with Crippen molar-refractivity contribution in [2.24, 2.45) is 0 Å². The summed E-state index contributed by atoms with van der Waals surface area (Å²) in [5, 5.41) is 2.79. The molecule has 1 heterocycles. The molecule has 2 aromatic carbocycles.